The molecule has 0 aromatic carbocycles. The SMILES string of the molecule is [CH2-]C1([C-](C)C)CCCO1.[CH2-]C1([C-](C)C)CCOC1.[Y].[Y]. The van der Waals surface area contributed by atoms with Gasteiger partial charge in [-0.3, -0.25) is 5.41 Å². The third kappa shape index (κ3) is 7.13. The molecule has 0 aromatic rings. The third-order valence-electron chi connectivity index (χ3n) is 4.18. The molecule has 2 atom stereocenters. The number of hydrogen-bond acceptors (Lipinski definition) is 2. The van der Waals surface area contributed by atoms with Gasteiger partial charge in [0.15, 0.2) is 0 Å². The smallest absolute Gasteiger partial charge is 0.0422 e. The number of hydrogen-bond donors (Lipinski definition) is 0. The van der Waals surface area contributed by atoms with Crippen LogP contribution in [0.15, 0.2) is 0 Å². The largest absolute Gasteiger partial charge is 0.437 e. The second-order valence-corrected chi connectivity index (χ2v) is 6.03. The second kappa shape index (κ2) is 10.8. The number of rotatable bonds is 2. The monoisotopic (exact) mass is 430 g/mol. The van der Waals surface area contributed by atoms with E-state index in [1.54, 1.807) is 0 Å². The first kappa shape index (κ1) is 24.4. The fourth-order valence-electron chi connectivity index (χ4n) is 2.09. The van der Waals surface area contributed by atoms with Crippen LogP contribution in [0.25, 0.3) is 0 Å². The fourth-order valence-corrected chi connectivity index (χ4v) is 2.09. The molecule has 0 N–H and O–H groups in total. The summed E-state index contributed by atoms with van der Waals surface area (Å²) in [4.78, 5) is 0. The van der Waals surface area contributed by atoms with E-state index in [1.807, 2.05) is 0 Å². The minimum absolute atomic E-state index is 0. The molecule has 0 spiro atoms. The molecule has 0 aromatic heterocycles. The summed E-state index contributed by atoms with van der Waals surface area (Å²) in [5.41, 5.74) is -0.000000000000000222. The topological polar surface area (TPSA) is 18.5 Å². The Morgan fingerprint density at radius 2 is 1.50 bits per heavy atom. The maximum absolute atomic E-state index is 5.45. The second-order valence-electron chi connectivity index (χ2n) is 6.03. The molecule has 0 aliphatic carbocycles. The summed E-state index contributed by atoms with van der Waals surface area (Å²) < 4.78 is 10.7. The van der Waals surface area contributed by atoms with Crippen molar-refractivity contribution in [1.82, 2.24) is 0 Å². The van der Waals surface area contributed by atoms with Crippen LogP contribution in [0.1, 0.15) is 47.0 Å². The van der Waals surface area contributed by atoms with Crippen molar-refractivity contribution >= 4 is 0 Å². The molecule has 0 amide bonds. The quantitative estimate of drug-likeness (QED) is 0.621. The van der Waals surface area contributed by atoms with E-state index in [9.17, 15) is 0 Å². The Balaban J connectivity index is 0. The summed E-state index contributed by atoms with van der Waals surface area (Å²) >= 11 is 0. The Morgan fingerprint density at radius 1 is 0.900 bits per heavy atom. The summed E-state index contributed by atoms with van der Waals surface area (Å²) in [6.45, 7) is 19.1. The molecule has 2 aliphatic heterocycles. The standard InChI is InChI=1S/2C8H14O.2Y/c1-7(2)8(3)4-5-9-6-8;1-7(2)8(3)5-4-6-9-8;;/h2*3-6H2,1-2H3;;/q2*-2;;. The van der Waals surface area contributed by atoms with Crippen LogP contribution in [0.4, 0.5) is 0 Å². The van der Waals surface area contributed by atoms with Crippen LogP contribution < -0.4 is 0 Å². The van der Waals surface area contributed by atoms with Crippen LogP contribution in [-0.4, -0.2) is 25.4 Å². The molecule has 2 radical (unpaired) electrons. The van der Waals surface area contributed by atoms with Gasteiger partial charge in [-0.05, 0) is 13.0 Å². The van der Waals surface area contributed by atoms with Gasteiger partial charge < -0.3 is 35.2 Å². The van der Waals surface area contributed by atoms with E-state index in [0.717, 1.165) is 39.1 Å². The maximum Gasteiger partial charge on any atom is 0.0422 e. The summed E-state index contributed by atoms with van der Waals surface area (Å²) in [5, 5.41) is 0. The molecule has 2 fully saturated rings. The van der Waals surface area contributed by atoms with E-state index in [2.05, 4.69) is 41.5 Å². The van der Waals surface area contributed by atoms with Crippen molar-refractivity contribution < 1.29 is 74.9 Å². The minimum Gasteiger partial charge on any atom is -0.437 e. The summed E-state index contributed by atoms with van der Waals surface area (Å²) in [7, 11) is 0. The molecule has 2 saturated heterocycles. The molecule has 2 unspecified atom stereocenters. The van der Waals surface area contributed by atoms with E-state index in [1.165, 1.54) is 11.8 Å². The van der Waals surface area contributed by atoms with Crippen LogP contribution in [0.3, 0.4) is 0 Å². The molecular formula is C16H28O2Y2-4. The van der Waals surface area contributed by atoms with E-state index in [0.29, 0.717) is 0 Å². The Labute approximate surface area is 176 Å². The van der Waals surface area contributed by atoms with Gasteiger partial charge in [-0.25, -0.2) is 0 Å². The summed E-state index contributed by atoms with van der Waals surface area (Å²) in [6.07, 6.45) is 3.35. The predicted molar refractivity (Wildman–Crippen MR) is 75.7 cm³/mol. The Bertz CT molecular complexity index is 217. The first-order valence-electron chi connectivity index (χ1n) is 6.84. The van der Waals surface area contributed by atoms with Gasteiger partial charge in [-0.1, -0.05) is 12.8 Å². The van der Waals surface area contributed by atoms with Crippen LogP contribution >= 0.6 is 0 Å². The molecule has 2 heterocycles. The summed E-state index contributed by atoms with van der Waals surface area (Å²) in [5.74, 6) is 2.68. The van der Waals surface area contributed by atoms with Crippen molar-refractivity contribution in [2.75, 3.05) is 19.8 Å². The Kier molecular flexibility index (Phi) is 13.2. The third-order valence-corrected chi connectivity index (χ3v) is 4.18. The predicted octanol–water partition coefficient (Wildman–Crippen LogP) is 3.82. The van der Waals surface area contributed by atoms with Gasteiger partial charge in [0.25, 0.3) is 0 Å². The molecule has 0 bridgehead atoms. The summed E-state index contributed by atoms with van der Waals surface area (Å²) in [6, 6.07) is 0. The zero-order chi connectivity index (χ0) is 13.8. The van der Waals surface area contributed by atoms with E-state index in [-0.39, 0.29) is 76.4 Å². The normalized spacial score (nSPS) is 32.4. The maximum atomic E-state index is 5.45. The van der Waals surface area contributed by atoms with Gasteiger partial charge in [0, 0.05) is 78.6 Å². The zero-order valence-electron chi connectivity index (χ0n) is 13.6. The van der Waals surface area contributed by atoms with Gasteiger partial charge in [-0.15, -0.1) is 0 Å². The van der Waals surface area contributed by atoms with Crippen molar-refractivity contribution in [3.05, 3.63) is 25.7 Å². The van der Waals surface area contributed by atoms with Crippen LogP contribution in [0.2, 0.25) is 0 Å². The molecular weight excluding hydrogens is 402 g/mol. The first-order valence-corrected chi connectivity index (χ1v) is 6.84. The van der Waals surface area contributed by atoms with Crippen molar-refractivity contribution in [2.24, 2.45) is 5.41 Å². The first-order chi connectivity index (χ1) is 8.30. The fraction of sp³-hybridized carbons (Fsp3) is 0.750. The van der Waals surface area contributed by atoms with E-state index >= 15 is 0 Å². The van der Waals surface area contributed by atoms with Crippen molar-refractivity contribution in [2.45, 2.75) is 52.6 Å². The van der Waals surface area contributed by atoms with E-state index < -0.39 is 0 Å². The molecule has 2 rings (SSSR count). The molecule has 20 heavy (non-hydrogen) atoms. The van der Waals surface area contributed by atoms with Crippen LogP contribution in [-0.2, 0) is 74.9 Å². The zero-order valence-corrected chi connectivity index (χ0v) is 19.3. The molecule has 2 aliphatic rings. The van der Waals surface area contributed by atoms with Crippen molar-refractivity contribution in [3.63, 3.8) is 0 Å². The van der Waals surface area contributed by atoms with Crippen LogP contribution in [0.5, 0.6) is 0 Å². The average molecular weight is 430 g/mol. The average Bonchev–Trinajstić information content (AvgIpc) is 2.90. The molecule has 114 valence electrons. The van der Waals surface area contributed by atoms with Gasteiger partial charge in [-0.2, -0.15) is 33.3 Å². The molecule has 0 saturated carbocycles. The van der Waals surface area contributed by atoms with Gasteiger partial charge in [0.05, 0.1) is 0 Å². The van der Waals surface area contributed by atoms with Crippen LogP contribution in [0, 0.1) is 31.1 Å². The van der Waals surface area contributed by atoms with Crippen molar-refractivity contribution in [3.8, 4) is 0 Å². The van der Waals surface area contributed by atoms with E-state index in [4.69, 9.17) is 9.47 Å². The number of ether oxygens (including phenoxy) is 2. The van der Waals surface area contributed by atoms with Gasteiger partial charge in [0.2, 0.25) is 0 Å². The van der Waals surface area contributed by atoms with Gasteiger partial charge in [0.1, 0.15) is 0 Å². The minimum atomic E-state index is -0.139. The van der Waals surface area contributed by atoms with Gasteiger partial charge >= 0.3 is 0 Å². The Morgan fingerprint density at radius 3 is 1.70 bits per heavy atom. The molecule has 2 nitrogen and oxygen atoms in total. The molecule has 4 heteroatoms. The Hall–Kier alpha value is 2.13. The van der Waals surface area contributed by atoms with Crippen molar-refractivity contribution in [1.29, 1.82) is 0 Å².